The second kappa shape index (κ2) is 6.73. The number of hydrogen-bond acceptors (Lipinski definition) is 4. The Kier molecular flexibility index (Phi) is 4.74. The molecule has 20 heavy (non-hydrogen) atoms. The second-order valence-electron chi connectivity index (χ2n) is 5.45. The maximum atomic E-state index is 8.83. The molecule has 0 amide bonds. The fourth-order valence-electron chi connectivity index (χ4n) is 3.27. The normalized spacial score (nSPS) is 26.6. The van der Waals surface area contributed by atoms with Crippen LogP contribution in [0.15, 0.2) is 11.4 Å². The molecule has 1 saturated carbocycles. The summed E-state index contributed by atoms with van der Waals surface area (Å²) in [5, 5.41) is 10.9. The molecule has 1 aromatic rings. The van der Waals surface area contributed by atoms with E-state index < -0.39 is 0 Å². The molecule has 0 aromatic carbocycles. The van der Waals surface area contributed by atoms with Crippen LogP contribution < -0.4 is 0 Å². The second-order valence-corrected chi connectivity index (χ2v) is 6.45. The van der Waals surface area contributed by atoms with E-state index in [1.54, 1.807) is 11.3 Å². The number of aliphatic hydroxyl groups excluding tert-OH is 1. The molecule has 1 saturated heterocycles. The molecule has 0 bridgehead atoms. The van der Waals surface area contributed by atoms with Crippen molar-refractivity contribution in [2.75, 3.05) is 19.8 Å². The zero-order chi connectivity index (χ0) is 13.8. The van der Waals surface area contributed by atoms with E-state index in [1.165, 1.54) is 30.6 Å². The van der Waals surface area contributed by atoms with Gasteiger partial charge in [-0.1, -0.05) is 24.7 Å². The van der Waals surface area contributed by atoms with Gasteiger partial charge in [0, 0.05) is 29.6 Å². The molecule has 2 aliphatic rings. The predicted molar refractivity (Wildman–Crippen MR) is 80.7 cm³/mol. The lowest BCUT2D eigenvalue weighted by atomic mass is 9.90. The van der Waals surface area contributed by atoms with Gasteiger partial charge in [0.05, 0.1) is 12.7 Å². The fraction of sp³-hybridized carbons (Fsp3) is 0.625. The topological polar surface area (TPSA) is 32.7 Å². The highest BCUT2D eigenvalue weighted by Crippen LogP contribution is 2.30. The number of aliphatic hydroxyl groups is 1. The maximum absolute atomic E-state index is 8.83. The molecule has 2 heterocycles. The van der Waals surface area contributed by atoms with Gasteiger partial charge in [-0.25, -0.2) is 0 Å². The Morgan fingerprint density at radius 3 is 3.20 bits per heavy atom. The molecule has 4 heteroatoms. The number of hydrogen-bond donors (Lipinski definition) is 1. The Hall–Kier alpha value is -0.860. The average Bonchev–Trinajstić information content (AvgIpc) is 2.93. The minimum Gasteiger partial charge on any atom is -0.384 e. The third-order valence-corrected chi connectivity index (χ3v) is 5.15. The van der Waals surface area contributed by atoms with Crippen LogP contribution in [0.2, 0.25) is 0 Å². The molecule has 0 radical (unpaired) electrons. The summed E-state index contributed by atoms with van der Waals surface area (Å²) < 4.78 is 5.93. The van der Waals surface area contributed by atoms with Crippen LogP contribution in [0.4, 0.5) is 0 Å². The summed E-state index contributed by atoms with van der Waals surface area (Å²) in [7, 11) is 0. The van der Waals surface area contributed by atoms with Crippen LogP contribution in [0.3, 0.4) is 0 Å². The summed E-state index contributed by atoms with van der Waals surface area (Å²) in [6, 6.07) is 2.64. The van der Waals surface area contributed by atoms with Gasteiger partial charge in [-0.3, -0.25) is 4.90 Å². The molecule has 0 spiro atoms. The van der Waals surface area contributed by atoms with Crippen LogP contribution in [-0.2, 0) is 11.3 Å². The van der Waals surface area contributed by atoms with E-state index in [0.717, 1.165) is 25.3 Å². The van der Waals surface area contributed by atoms with E-state index in [4.69, 9.17) is 9.84 Å². The average molecular weight is 291 g/mol. The van der Waals surface area contributed by atoms with E-state index in [2.05, 4.69) is 28.2 Å². The van der Waals surface area contributed by atoms with Gasteiger partial charge in [0.1, 0.15) is 6.61 Å². The molecular formula is C16H21NO2S. The lowest BCUT2D eigenvalue weighted by Gasteiger charge is -2.43. The summed E-state index contributed by atoms with van der Waals surface area (Å²) in [6.45, 7) is 2.77. The van der Waals surface area contributed by atoms with Gasteiger partial charge < -0.3 is 9.84 Å². The van der Waals surface area contributed by atoms with Gasteiger partial charge in [0.15, 0.2) is 0 Å². The van der Waals surface area contributed by atoms with Crippen molar-refractivity contribution in [1.29, 1.82) is 0 Å². The SMILES string of the molecule is OCC#Cc1ccsc1CN1CCOC2CCCCC21. The lowest BCUT2D eigenvalue weighted by molar-refractivity contribution is -0.0908. The first-order valence-corrected chi connectivity index (χ1v) is 8.28. The van der Waals surface area contributed by atoms with E-state index in [-0.39, 0.29) is 6.61 Å². The van der Waals surface area contributed by atoms with Gasteiger partial charge in [0.25, 0.3) is 0 Å². The summed E-state index contributed by atoms with van der Waals surface area (Å²) in [5.74, 6) is 5.81. The Morgan fingerprint density at radius 2 is 2.30 bits per heavy atom. The quantitative estimate of drug-likeness (QED) is 0.848. The monoisotopic (exact) mass is 291 g/mol. The van der Waals surface area contributed by atoms with Crippen LogP contribution in [0.1, 0.15) is 36.1 Å². The first kappa shape index (κ1) is 14.1. The zero-order valence-electron chi connectivity index (χ0n) is 11.7. The minimum absolute atomic E-state index is 0.0719. The van der Waals surface area contributed by atoms with Crippen LogP contribution in [-0.4, -0.2) is 41.9 Å². The lowest BCUT2D eigenvalue weighted by Crippen LogP contribution is -2.52. The van der Waals surface area contributed by atoms with Crippen LogP contribution in [0, 0.1) is 11.8 Å². The summed E-state index contributed by atoms with van der Waals surface area (Å²) in [5.41, 5.74) is 1.07. The predicted octanol–water partition coefficient (Wildman–Crippen LogP) is 2.24. The Balaban J connectivity index is 1.71. The van der Waals surface area contributed by atoms with Crippen molar-refractivity contribution in [1.82, 2.24) is 4.90 Å². The van der Waals surface area contributed by atoms with Crippen molar-refractivity contribution in [2.45, 2.75) is 44.4 Å². The Bertz CT molecular complexity index is 500. The molecular weight excluding hydrogens is 270 g/mol. The number of nitrogens with zero attached hydrogens (tertiary/aromatic N) is 1. The molecule has 108 valence electrons. The van der Waals surface area contributed by atoms with E-state index in [0.29, 0.717) is 12.1 Å². The van der Waals surface area contributed by atoms with E-state index in [9.17, 15) is 0 Å². The molecule has 1 aliphatic carbocycles. The van der Waals surface area contributed by atoms with Crippen LogP contribution >= 0.6 is 11.3 Å². The van der Waals surface area contributed by atoms with E-state index >= 15 is 0 Å². The maximum Gasteiger partial charge on any atom is 0.104 e. The number of morpholine rings is 1. The molecule has 1 aliphatic heterocycles. The highest BCUT2D eigenvalue weighted by Gasteiger charge is 2.34. The Labute approximate surface area is 124 Å². The molecule has 2 fully saturated rings. The van der Waals surface area contributed by atoms with Gasteiger partial charge in [0.2, 0.25) is 0 Å². The summed E-state index contributed by atoms with van der Waals surface area (Å²) in [6.07, 6.45) is 5.53. The fourth-order valence-corrected chi connectivity index (χ4v) is 4.12. The van der Waals surface area contributed by atoms with Gasteiger partial charge in [-0.2, -0.15) is 0 Å². The third kappa shape index (κ3) is 3.07. The molecule has 3 nitrogen and oxygen atoms in total. The Morgan fingerprint density at radius 1 is 1.40 bits per heavy atom. The summed E-state index contributed by atoms with van der Waals surface area (Å²) >= 11 is 1.77. The smallest absolute Gasteiger partial charge is 0.104 e. The van der Waals surface area contributed by atoms with Crippen molar-refractivity contribution in [3.8, 4) is 11.8 Å². The third-order valence-electron chi connectivity index (χ3n) is 4.24. The van der Waals surface area contributed by atoms with E-state index in [1.807, 2.05) is 0 Å². The van der Waals surface area contributed by atoms with Crippen LogP contribution in [0.25, 0.3) is 0 Å². The number of ether oxygens (including phenoxy) is 1. The zero-order valence-corrected chi connectivity index (χ0v) is 12.5. The highest BCUT2D eigenvalue weighted by molar-refractivity contribution is 7.10. The van der Waals surface area contributed by atoms with Crippen molar-refractivity contribution in [3.05, 3.63) is 21.9 Å². The van der Waals surface area contributed by atoms with Gasteiger partial charge >= 0.3 is 0 Å². The van der Waals surface area contributed by atoms with Gasteiger partial charge in [-0.05, 0) is 24.3 Å². The van der Waals surface area contributed by atoms with Crippen LogP contribution in [0.5, 0.6) is 0 Å². The first-order valence-electron chi connectivity index (χ1n) is 7.40. The largest absolute Gasteiger partial charge is 0.384 e. The van der Waals surface area contributed by atoms with Gasteiger partial charge in [-0.15, -0.1) is 11.3 Å². The number of fused-ring (bicyclic) bond motifs is 1. The molecule has 1 aromatic heterocycles. The van der Waals surface area contributed by atoms with Crippen molar-refractivity contribution < 1.29 is 9.84 Å². The molecule has 2 unspecified atom stereocenters. The highest BCUT2D eigenvalue weighted by atomic mass is 32.1. The van der Waals surface area contributed by atoms with Crippen molar-refractivity contribution >= 4 is 11.3 Å². The standard InChI is InChI=1S/C16H21NO2S/c18-9-3-4-13-7-11-20-16(13)12-17-8-10-19-15-6-2-1-5-14(15)17/h7,11,14-15,18H,1-2,5-6,8-10,12H2. The molecule has 1 N–H and O–H groups in total. The molecule has 2 atom stereocenters. The summed E-state index contributed by atoms with van der Waals surface area (Å²) in [4.78, 5) is 3.89. The molecule has 3 rings (SSSR count). The first-order chi connectivity index (χ1) is 9.88. The number of rotatable bonds is 2. The minimum atomic E-state index is -0.0719. The van der Waals surface area contributed by atoms with Crippen molar-refractivity contribution in [2.24, 2.45) is 0 Å². The van der Waals surface area contributed by atoms with Crippen molar-refractivity contribution in [3.63, 3.8) is 0 Å². The number of thiophene rings is 1.